The van der Waals surface area contributed by atoms with Gasteiger partial charge in [-0.1, -0.05) is 18.2 Å². The van der Waals surface area contributed by atoms with Crippen LogP contribution in [0.1, 0.15) is 6.42 Å². The number of carbonyl (C=O) groups is 1. The van der Waals surface area contributed by atoms with E-state index < -0.39 is 0 Å². The molecule has 0 fully saturated rings. The molecule has 0 unspecified atom stereocenters. The molecule has 1 N–H and O–H groups in total. The Kier molecular flexibility index (Phi) is 5.50. The Labute approximate surface area is 149 Å². The Bertz CT molecular complexity index is 823. The van der Waals surface area contributed by atoms with Crippen molar-refractivity contribution in [2.75, 3.05) is 11.1 Å². The quantitative estimate of drug-likeness (QED) is 0.524. The van der Waals surface area contributed by atoms with Crippen molar-refractivity contribution in [3.05, 3.63) is 54.9 Å². The second-order valence-corrected chi connectivity index (χ2v) is 6.54. The number of aromatic nitrogens is 4. The number of tetrazole rings is 1. The average molecular weight is 357 g/mol. The van der Waals surface area contributed by atoms with Crippen LogP contribution in [0.4, 0.5) is 5.69 Å². The fraction of sp³-hybridized carbons (Fsp3) is 0.125. The van der Waals surface area contributed by atoms with Crippen molar-refractivity contribution in [3.63, 3.8) is 0 Å². The summed E-state index contributed by atoms with van der Waals surface area (Å²) in [5.74, 6) is 0.656. The molecular formula is C16H15N5OS2. The molecule has 0 spiro atoms. The lowest BCUT2D eigenvalue weighted by Crippen LogP contribution is -2.12. The van der Waals surface area contributed by atoms with E-state index in [1.165, 1.54) is 11.0 Å². The second kappa shape index (κ2) is 7.98. The van der Waals surface area contributed by atoms with Crippen molar-refractivity contribution >= 4 is 36.0 Å². The molecule has 0 aliphatic heterocycles. The van der Waals surface area contributed by atoms with Gasteiger partial charge in [-0.15, -0.1) is 29.5 Å². The highest BCUT2D eigenvalue weighted by atomic mass is 32.2. The number of carbonyl (C=O) groups excluding carboxylic acids is 1. The summed E-state index contributed by atoms with van der Waals surface area (Å²) in [4.78, 5) is 14.1. The molecule has 0 atom stereocenters. The molecule has 24 heavy (non-hydrogen) atoms. The third-order valence-electron chi connectivity index (χ3n) is 3.20. The van der Waals surface area contributed by atoms with Crippen LogP contribution in [0, 0.1) is 0 Å². The van der Waals surface area contributed by atoms with Gasteiger partial charge in [-0.05, 0) is 40.8 Å². The highest BCUT2D eigenvalue weighted by Gasteiger charge is 2.06. The minimum absolute atomic E-state index is 0.0342. The van der Waals surface area contributed by atoms with Crippen molar-refractivity contribution < 1.29 is 4.79 Å². The van der Waals surface area contributed by atoms with Crippen LogP contribution in [0.5, 0.6) is 0 Å². The smallest absolute Gasteiger partial charge is 0.225 e. The Morgan fingerprint density at radius 3 is 2.88 bits per heavy atom. The minimum Gasteiger partial charge on any atom is -0.326 e. The molecule has 0 saturated heterocycles. The molecule has 8 heteroatoms. The number of thiol groups is 1. The first-order chi connectivity index (χ1) is 11.7. The van der Waals surface area contributed by atoms with Crippen LogP contribution < -0.4 is 5.32 Å². The molecule has 0 aliphatic carbocycles. The summed E-state index contributed by atoms with van der Waals surface area (Å²) < 4.78 is 1.54. The van der Waals surface area contributed by atoms with Crippen LogP contribution >= 0.6 is 24.4 Å². The van der Waals surface area contributed by atoms with Gasteiger partial charge in [0.2, 0.25) is 5.91 Å². The van der Waals surface area contributed by atoms with Crippen LogP contribution in [0.3, 0.4) is 0 Å². The predicted molar refractivity (Wildman–Crippen MR) is 96.8 cm³/mol. The van der Waals surface area contributed by atoms with E-state index in [9.17, 15) is 4.79 Å². The molecule has 0 radical (unpaired) electrons. The van der Waals surface area contributed by atoms with E-state index >= 15 is 0 Å². The van der Waals surface area contributed by atoms with Gasteiger partial charge in [-0.3, -0.25) is 4.79 Å². The first-order valence-corrected chi connectivity index (χ1v) is 8.70. The van der Waals surface area contributed by atoms with Gasteiger partial charge >= 0.3 is 0 Å². The van der Waals surface area contributed by atoms with E-state index in [0.29, 0.717) is 17.9 Å². The van der Waals surface area contributed by atoms with E-state index in [2.05, 4.69) is 33.5 Å². The van der Waals surface area contributed by atoms with Gasteiger partial charge in [0.15, 0.2) is 0 Å². The van der Waals surface area contributed by atoms with Crippen LogP contribution in [0.25, 0.3) is 5.69 Å². The van der Waals surface area contributed by atoms with Gasteiger partial charge in [0.05, 0.1) is 5.69 Å². The maximum absolute atomic E-state index is 12.1. The summed E-state index contributed by atoms with van der Waals surface area (Å²) in [5.41, 5.74) is 1.50. The van der Waals surface area contributed by atoms with Gasteiger partial charge in [0.1, 0.15) is 6.33 Å². The van der Waals surface area contributed by atoms with Crippen molar-refractivity contribution in [1.82, 2.24) is 20.2 Å². The third kappa shape index (κ3) is 4.36. The summed E-state index contributed by atoms with van der Waals surface area (Å²) >= 11 is 6.02. The zero-order chi connectivity index (χ0) is 16.8. The normalized spacial score (nSPS) is 10.5. The summed E-state index contributed by atoms with van der Waals surface area (Å²) in [6.07, 6.45) is 1.92. The number of thioether (sulfide) groups is 1. The first kappa shape index (κ1) is 16.5. The Balaban J connectivity index is 1.54. The minimum atomic E-state index is -0.0342. The standard InChI is InChI=1S/C16H15N5OS2/c22-16(8-9-24-15-7-2-1-6-14(15)23)18-12-4-3-5-13(10-12)21-11-17-19-20-21/h1-7,10-11,23H,8-9H2,(H,18,22). The van der Waals surface area contributed by atoms with Crippen LogP contribution in [0.2, 0.25) is 0 Å². The Hall–Kier alpha value is -2.32. The summed E-state index contributed by atoms with van der Waals surface area (Å²) in [7, 11) is 0. The zero-order valence-corrected chi connectivity index (χ0v) is 14.4. The molecule has 122 valence electrons. The van der Waals surface area contributed by atoms with Gasteiger partial charge in [-0.25, -0.2) is 4.68 Å². The second-order valence-electron chi connectivity index (χ2n) is 4.92. The van der Waals surface area contributed by atoms with Crippen LogP contribution in [-0.2, 0) is 4.79 Å². The highest BCUT2D eigenvalue weighted by Crippen LogP contribution is 2.25. The summed E-state index contributed by atoms with van der Waals surface area (Å²) in [6.45, 7) is 0. The number of anilines is 1. The highest BCUT2D eigenvalue weighted by molar-refractivity contribution is 7.99. The number of hydrogen-bond acceptors (Lipinski definition) is 6. The molecule has 2 aromatic carbocycles. The fourth-order valence-electron chi connectivity index (χ4n) is 2.06. The maximum Gasteiger partial charge on any atom is 0.225 e. The van der Waals surface area contributed by atoms with Gasteiger partial charge in [0, 0.05) is 27.7 Å². The van der Waals surface area contributed by atoms with E-state index in [4.69, 9.17) is 0 Å². The topological polar surface area (TPSA) is 72.7 Å². The molecule has 1 amide bonds. The lowest BCUT2D eigenvalue weighted by Gasteiger charge is -2.07. The van der Waals surface area contributed by atoms with E-state index in [-0.39, 0.29) is 5.91 Å². The van der Waals surface area contributed by atoms with Crippen molar-refractivity contribution in [2.24, 2.45) is 0 Å². The molecule has 0 bridgehead atoms. The number of benzene rings is 2. The zero-order valence-electron chi connectivity index (χ0n) is 12.7. The van der Waals surface area contributed by atoms with Gasteiger partial charge < -0.3 is 5.32 Å². The third-order valence-corrected chi connectivity index (χ3v) is 4.81. The van der Waals surface area contributed by atoms with Gasteiger partial charge in [-0.2, -0.15) is 0 Å². The Morgan fingerprint density at radius 1 is 1.21 bits per heavy atom. The molecule has 3 rings (SSSR count). The largest absolute Gasteiger partial charge is 0.326 e. The summed E-state index contributed by atoms with van der Waals surface area (Å²) in [6, 6.07) is 15.2. The number of nitrogens with zero attached hydrogens (tertiary/aromatic N) is 4. The number of amides is 1. The van der Waals surface area contributed by atoms with E-state index in [1.54, 1.807) is 11.8 Å². The monoisotopic (exact) mass is 357 g/mol. The van der Waals surface area contributed by atoms with E-state index in [1.807, 2.05) is 48.5 Å². The lowest BCUT2D eigenvalue weighted by molar-refractivity contribution is -0.115. The molecule has 6 nitrogen and oxygen atoms in total. The molecule has 1 heterocycles. The van der Waals surface area contributed by atoms with Crippen LogP contribution in [-0.4, -0.2) is 31.9 Å². The maximum atomic E-state index is 12.1. The molecule has 0 aliphatic rings. The predicted octanol–water partition coefficient (Wildman–Crippen LogP) is 3.07. The lowest BCUT2D eigenvalue weighted by atomic mass is 10.2. The number of hydrogen-bond donors (Lipinski definition) is 2. The summed E-state index contributed by atoms with van der Waals surface area (Å²) in [5, 5.41) is 13.9. The van der Waals surface area contributed by atoms with Crippen molar-refractivity contribution in [2.45, 2.75) is 16.2 Å². The fourth-order valence-corrected chi connectivity index (χ4v) is 3.31. The number of nitrogens with one attached hydrogen (secondary N) is 1. The molecule has 3 aromatic rings. The molecule has 0 saturated carbocycles. The number of rotatable bonds is 6. The SMILES string of the molecule is O=C(CCSc1ccccc1S)Nc1cccc(-n2cnnn2)c1. The van der Waals surface area contributed by atoms with E-state index in [0.717, 1.165) is 15.5 Å². The first-order valence-electron chi connectivity index (χ1n) is 7.26. The average Bonchev–Trinajstić information content (AvgIpc) is 3.11. The Morgan fingerprint density at radius 2 is 2.08 bits per heavy atom. The van der Waals surface area contributed by atoms with Gasteiger partial charge in [0.25, 0.3) is 0 Å². The molecular weight excluding hydrogens is 342 g/mol. The van der Waals surface area contributed by atoms with Crippen LogP contribution in [0.15, 0.2) is 64.6 Å². The van der Waals surface area contributed by atoms with Crippen molar-refractivity contribution in [1.29, 1.82) is 0 Å². The molecule has 1 aromatic heterocycles. The van der Waals surface area contributed by atoms with Crippen molar-refractivity contribution in [3.8, 4) is 5.69 Å².